The van der Waals surface area contributed by atoms with Crippen LogP contribution in [0.15, 0.2) is 54.2 Å². The number of piperidine rings is 1. The summed E-state index contributed by atoms with van der Waals surface area (Å²) in [6.07, 6.45) is 5.18. The minimum atomic E-state index is -0.183. The predicted molar refractivity (Wildman–Crippen MR) is 102 cm³/mol. The van der Waals surface area contributed by atoms with Crippen molar-refractivity contribution < 1.29 is 4.79 Å². The van der Waals surface area contributed by atoms with E-state index in [1.54, 1.807) is 10.9 Å². The minimum Gasteiger partial charge on any atom is -0.375 e. The second-order valence-corrected chi connectivity index (χ2v) is 7.49. The highest BCUT2D eigenvalue weighted by Crippen LogP contribution is 2.42. The number of amides is 1. The molecule has 1 aliphatic rings. The number of carbonyl (C=O) groups is 1. The third kappa shape index (κ3) is 3.10. The van der Waals surface area contributed by atoms with Crippen molar-refractivity contribution in [3.8, 4) is 0 Å². The van der Waals surface area contributed by atoms with E-state index in [0.717, 1.165) is 18.5 Å². The first kappa shape index (κ1) is 16.8. The number of nitrogens with two attached hydrogens (primary N) is 1. The van der Waals surface area contributed by atoms with Crippen LogP contribution < -0.4 is 5.73 Å². The third-order valence-electron chi connectivity index (χ3n) is 5.16. The van der Waals surface area contributed by atoms with E-state index in [1.165, 1.54) is 16.9 Å². The molecule has 0 saturated carbocycles. The van der Waals surface area contributed by atoms with Crippen LogP contribution in [0.4, 0.5) is 5.13 Å². The lowest BCUT2D eigenvalue weighted by molar-refractivity contribution is -0.133. The van der Waals surface area contributed by atoms with E-state index in [9.17, 15) is 4.79 Å². The molecule has 1 aromatic carbocycles. The van der Waals surface area contributed by atoms with E-state index in [2.05, 4.69) is 39.7 Å². The average Bonchev–Trinajstić information content (AvgIpc) is 3.34. The summed E-state index contributed by atoms with van der Waals surface area (Å²) < 4.78 is 1.67. The van der Waals surface area contributed by atoms with Crippen LogP contribution in [0.1, 0.15) is 24.1 Å². The number of anilines is 1. The first-order valence-corrected chi connectivity index (χ1v) is 9.57. The average molecular weight is 367 g/mol. The monoisotopic (exact) mass is 367 g/mol. The number of nitrogens with zero attached hydrogens (tertiary/aromatic N) is 4. The Morgan fingerprint density at radius 2 is 1.96 bits per heavy atom. The molecule has 6 nitrogen and oxygen atoms in total. The van der Waals surface area contributed by atoms with Crippen molar-refractivity contribution in [1.29, 1.82) is 0 Å². The van der Waals surface area contributed by atoms with Gasteiger partial charge in [0.05, 0.1) is 5.69 Å². The van der Waals surface area contributed by atoms with E-state index in [1.807, 2.05) is 23.2 Å². The molecule has 4 rings (SSSR count). The molecule has 134 valence electrons. The molecule has 0 atom stereocenters. The maximum atomic E-state index is 12.6. The third-order valence-corrected chi connectivity index (χ3v) is 5.84. The Morgan fingerprint density at radius 3 is 2.58 bits per heavy atom. The van der Waals surface area contributed by atoms with Crippen molar-refractivity contribution in [3.05, 3.63) is 65.4 Å². The number of thiazole rings is 1. The van der Waals surface area contributed by atoms with E-state index in [4.69, 9.17) is 5.73 Å². The Kier molecular flexibility index (Phi) is 4.46. The molecule has 0 spiro atoms. The summed E-state index contributed by atoms with van der Waals surface area (Å²) in [6.45, 7) is 1.69. The second kappa shape index (κ2) is 6.92. The molecule has 1 fully saturated rings. The van der Waals surface area contributed by atoms with Gasteiger partial charge in [-0.25, -0.2) is 4.98 Å². The van der Waals surface area contributed by atoms with E-state index < -0.39 is 0 Å². The second-order valence-electron chi connectivity index (χ2n) is 6.60. The number of likely N-dealkylation sites (tertiary alicyclic amines) is 1. The number of hydrogen-bond donors (Lipinski definition) is 1. The zero-order valence-corrected chi connectivity index (χ0v) is 15.2. The molecule has 1 aliphatic heterocycles. The molecule has 7 heteroatoms. The van der Waals surface area contributed by atoms with E-state index >= 15 is 0 Å². The fraction of sp³-hybridized carbons (Fsp3) is 0.316. The van der Waals surface area contributed by atoms with Gasteiger partial charge in [0.1, 0.15) is 6.54 Å². The van der Waals surface area contributed by atoms with Crippen LogP contribution in [0.3, 0.4) is 0 Å². The Labute approximate surface area is 156 Å². The van der Waals surface area contributed by atoms with Gasteiger partial charge in [-0.05, 0) is 24.5 Å². The van der Waals surface area contributed by atoms with Crippen LogP contribution >= 0.6 is 11.3 Å². The summed E-state index contributed by atoms with van der Waals surface area (Å²) in [6, 6.07) is 12.3. The highest BCUT2D eigenvalue weighted by molar-refractivity contribution is 7.13. The van der Waals surface area contributed by atoms with Gasteiger partial charge in [0.15, 0.2) is 5.13 Å². The largest absolute Gasteiger partial charge is 0.375 e. The lowest BCUT2D eigenvalue weighted by atomic mass is 9.70. The molecule has 2 N–H and O–H groups in total. The molecular formula is C19H21N5OS. The smallest absolute Gasteiger partial charge is 0.244 e. The molecule has 1 saturated heterocycles. The molecule has 3 heterocycles. The Morgan fingerprint density at radius 1 is 1.19 bits per heavy atom. The maximum absolute atomic E-state index is 12.6. The minimum absolute atomic E-state index is 0.105. The fourth-order valence-corrected chi connectivity index (χ4v) is 4.39. The summed E-state index contributed by atoms with van der Waals surface area (Å²) >= 11 is 1.48. The summed E-state index contributed by atoms with van der Waals surface area (Å²) in [5.41, 5.74) is 7.98. The molecule has 2 aromatic heterocycles. The van der Waals surface area contributed by atoms with Crippen LogP contribution in [-0.2, 0) is 16.8 Å². The summed E-state index contributed by atoms with van der Waals surface area (Å²) in [5, 5.41) is 6.77. The van der Waals surface area contributed by atoms with Crippen LogP contribution in [0, 0.1) is 0 Å². The van der Waals surface area contributed by atoms with Crippen molar-refractivity contribution in [3.63, 3.8) is 0 Å². The maximum Gasteiger partial charge on any atom is 0.244 e. The van der Waals surface area contributed by atoms with Gasteiger partial charge in [0.2, 0.25) is 5.91 Å². The van der Waals surface area contributed by atoms with Crippen LogP contribution in [-0.4, -0.2) is 38.7 Å². The predicted octanol–water partition coefficient (Wildman–Crippen LogP) is 2.53. The van der Waals surface area contributed by atoms with Gasteiger partial charge in [-0.3, -0.25) is 9.48 Å². The van der Waals surface area contributed by atoms with Crippen molar-refractivity contribution in [2.45, 2.75) is 24.8 Å². The highest BCUT2D eigenvalue weighted by Gasteiger charge is 2.40. The fourth-order valence-electron chi connectivity index (χ4n) is 3.73. The van der Waals surface area contributed by atoms with Gasteiger partial charge in [0, 0.05) is 36.3 Å². The van der Waals surface area contributed by atoms with Gasteiger partial charge in [-0.2, -0.15) is 5.10 Å². The van der Waals surface area contributed by atoms with Crippen LogP contribution in [0.2, 0.25) is 0 Å². The van der Waals surface area contributed by atoms with Gasteiger partial charge < -0.3 is 10.6 Å². The van der Waals surface area contributed by atoms with Crippen LogP contribution in [0.5, 0.6) is 0 Å². The summed E-state index contributed by atoms with van der Waals surface area (Å²) in [4.78, 5) is 19.1. The molecule has 0 bridgehead atoms. The van der Waals surface area contributed by atoms with Gasteiger partial charge in [-0.15, -0.1) is 11.3 Å². The van der Waals surface area contributed by atoms with E-state index in [-0.39, 0.29) is 17.9 Å². The van der Waals surface area contributed by atoms with Crippen LogP contribution in [0.25, 0.3) is 0 Å². The molecule has 0 unspecified atom stereocenters. The van der Waals surface area contributed by atoms with E-state index in [0.29, 0.717) is 18.2 Å². The number of hydrogen-bond acceptors (Lipinski definition) is 5. The number of benzene rings is 1. The SMILES string of the molecule is Nc1nc(C2(c3ccccc3)CCN(C(=O)Cn3cccn3)CC2)cs1. The van der Waals surface area contributed by atoms with Crippen molar-refractivity contribution in [2.75, 3.05) is 18.8 Å². The van der Waals surface area contributed by atoms with Crippen molar-refractivity contribution in [1.82, 2.24) is 19.7 Å². The number of nitrogen functional groups attached to an aromatic ring is 1. The molecule has 1 amide bonds. The quantitative estimate of drug-likeness (QED) is 0.769. The highest BCUT2D eigenvalue weighted by atomic mass is 32.1. The zero-order valence-electron chi connectivity index (χ0n) is 14.4. The van der Waals surface area contributed by atoms with Gasteiger partial charge >= 0.3 is 0 Å². The lowest BCUT2D eigenvalue weighted by Gasteiger charge is -2.41. The summed E-state index contributed by atoms with van der Waals surface area (Å²) in [5.74, 6) is 0.105. The number of rotatable bonds is 4. The molecule has 0 aliphatic carbocycles. The Balaban J connectivity index is 1.56. The van der Waals surface area contributed by atoms with Gasteiger partial charge in [0.25, 0.3) is 0 Å². The molecule has 3 aromatic rings. The standard InChI is InChI=1S/C19H21N5OS/c20-18-22-16(14-26-18)19(15-5-2-1-3-6-15)7-11-23(12-8-19)17(25)13-24-10-4-9-21-24/h1-6,9-10,14H,7-8,11-13H2,(H2,20,22). The lowest BCUT2D eigenvalue weighted by Crippen LogP contribution is -2.46. The van der Waals surface area contributed by atoms with Crippen molar-refractivity contribution in [2.24, 2.45) is 0 Å². The molecular weight excluding hydrogens is 346 g/mol. The number of aromatic nitrogens is 3. The Bertz CT molecular complexity index is 866. The zero-order chi connectivity index (χ0) is 18.0. The summed E-state index contributed by atoms with van der Waals surface area (Å²) in [7, 11) is 0. The first-order chi connectivity index (χ1) is 12.7. The topological polar surface area (TPSA) is 77.0 Å². The Hall–Kier alpha value is -2.67. The molecule has 26 heavy (non-hydrogen) atoms. The van der Waals surface area contributed by atoms with Crippen molar-refractivity contribution >= 4 is 22.4 Å². The molecule has 0 radical (unpaired) electrons. The first-order valence-electron chi connectivity index (χ1n) is 8.70. The normalized spacial score (nSPS) is 16.5. The van der Waals surface area contributed by atoms with Gasteiger partial charge in [-0.1, -0.05) is 30.3 Å². The number of carbonyl (C=O) groups excluding carboxylic acids is 1.